The predicted molar refractivity (Wildman–Crippen MR) is 98.4 cm³/mol. The Balaban J connectivity index is 1.60. The molecule has 3 N–H and O–H groups in total. The molecule has 3 fully saturated rings. The molecule has 6 rings (SSSR count). The highest BCUT2D eigenvalue weighted by Gasteiger charge is 2.76. The van der Waals surface area contributed by atoms with E-state index in [1.54, 1.807) is 6.07 Å². The number of ether oxygens (including phenoxy) is 1. The molecule has 7 heteroatoms. The third-order valence-corrected chi connectivity index (χ3v) is 8.14. The Hall–Kier alpha value is -1.96. The maximum atomic E-state index is 13.9. The lowest BCUT2D eigenvalue weighted by Gasteiger charge is -2.67. The number of amides is 1. The molecule has 2 aliphatic heterocycles. The molecule has 0 aromatic heterocycles. The first-order valence-electron chi connectivity index (χ1n) is 10.3. The van der Waals surface area contributed by atoms with Gasteiger partial charge < -0.3 is 25.4 Å². The van der Waals surface area contributed by atoms with Crippen molar-refractivity contribution in [2.45, 2.75) is 61.7 Å². The third-order valence-electron chi connectivity index (χ3n) is 8.14. The van der Waals surface area contributed by atoms with E-state index in [2.05, 4.69) is 0 Å². The summed E-state index contributed by atoms with van der Waals surface area (Å²) in [5, 5.41) is 26.0. The van der Waals surface area contributed by atoms with Crippen LogP contribution in [0.1, 0.15) is 53.6 Å². The Morgan fingerprint density at radius 1 is 1.36 bits per heavy atom. The Labute approximate surface area is 162 Å². The van der Waals surface area contributed by atoms with E-state index in [0.29, 0.717) is 37.6 Å². The fourth-order valence-corrected chi connectivity index (χ4v) is 6.75. The normalized spacial score (nSPS) is 42.7. The number of carbonyl (C=O) groups excluding carboxylic acids is 2. The second-order valence-electron chi connectivity index (χ2n) is 9.47. The molecule has 1 spiro atoms. The summed E-state index contributed by atoms with van der Waals surface area (Å²) >= 11 is 0. The van der Waals surface area contributed by atoms with Crippen LogP contribution in [0, 0.1) is 11.1 Å². The van der Waals surface area contributed by atoms with Crippen molar-refractivity contribution < 1.29 is 24.1 Å². The predicted octanol–water partition coefficient (Wildman–Crippen LogP) is 0.931. The van der Waals surface area contributed by atoms with Crippen LogP contribution in [-0.2, 0) is 16.6 Å². The number of hydrogen-bond donors (Lipinski definition) is 2. The highest BCUT2D eigenvalue weighted by molar-refractivity contribution is 5.98. The molecular formula is C21H24N2O5. The van der Waals surface area contributed by atoms with E-state index in [1.807, 2.05) is 6.07 Å². The van der Waals surface area contributed by atoms with Gasteiger partial charge in [0.15, 0.2) is 11.9 Å². The summed E-state index contributed by atoms with van der Waals surface area (Å²) in [5.41, 5.74) is 5.26. The summed E-state index contributed by atoms with van der Waals surface area (Å²) in [6.45, 7) is 0.917. The van der Waals surface area contributed by atoms with Crippen LogP contribution in [-0.4, -0.2) is 52.3 Å². The van der Waals surface area contributed by atoms with Gasteiger partial charge in [-0.2, -0.15) is 0 Å². The lowest BCUT2D eigenvalue weighted by Crippen LogP contribution is -2.80. The van der Waals surface area contributed by atoms with Gasteiger partial charge in [0.05, 0.1) is 24.1 Å². The zero-order valence-electron chi connectivity index (χ0n) is 15.6. The molecule has 5 atom stereocenters. The van der Waals surface area contributed by atoms with Crippen molar-refractivity contribution in [3.63, 3.8) is 0 Å². The number of carbonyl (C=O) groups is 2. The standard InChI is InChI=1S/C21H24N2O5/c22-19(25)13-4-3-12-9-15-21(26)6-5-14(24)18-20(21,16(12)17(13)28-18)7-8-23(15,27)10-11-1-2-11/h3-4,11,15,18,26H,1-2,5-10H2,(H2,22,25)/t15-,18?,20+,21-,23?/m1/s1. The minimum Gasteiger partial charge on any atom is -0.632 e. The average molecular weight is 384 g/mol. The summed E-state index contributed by atoms with van der Waals surface area (Å²) in [6, 6.07) is 2.97. The van der Waals surface area contributed by atoms with Gasteiger partial charge >= 0.3 is 0 Å². The Morgan fingerprint density at radius 2 is 2.14 bits per heavy atom. The van der Waals surface area contributed by atoms with Crippen LogP contribution in [0.25, 0.3) is 0 Å². The molecule has 1 aromatic rings. The molecule has 3 aliphatic carbocycles. The van der Waals surface area contributed by atoms with Crippen LogP contribution in [0.5, 0.6) is 5.75 Å². The van der Waals surface area contributed by atoms with Gasteiger partial charge in [0.2, 0.25) is 0 Å². The van der Waals surface area contributed by atoms with Crippen LogP contribution in [0.2, 0.25) is 0 Å². The molecule has 5 aliphatic rings. The Kier molecular flexibility index (Phi) is 3.00. The van der Waals surface area contributed by atoms with Gasteiger partial charge in [0.25, 0.3) is 5.91 Å². The number of hydroxylamine groups is 3. The zero-order valence-corrected chi connectivity index (χ0v) is 15.6. The number of ketones is 1. The molecule has 1 amide bonds. The average Bonchev–Trinajstić information content (AvgIpc) is 3.37. The van der Waals surface area contributed by atoms with E-state index >= 15 is 0 Å². The molecule has 0 radical (unpaired) electrons. The van der Waals surface area contributed by atoms with Gasteiger partial charge in [-0.25, -0.2) is 0 Å². The molecule has 1 aromatic carbocycles. The largest absolute Gasteiger partial charge is 0.632 e. The van der Waals surface area contributed by atoms with Gasteiger partial charge in [0.1, 0.15) is 17.4 Å². The quantitative estimate of drug-likeness (QED) is 0.595. The summed E-state index contributed by atoms with van der Waals surface area (Å²) < 4.78 is 5.71. The van der Waals surface area contributed by atoms with Crippen molar-refractivity contribution in [2.24, 2.45) is 11.7 Å². The Bertz CT molecular complexity index is 943. The number of aliphatic hydroxyl groups is 1. The highest BCUT2D eigenvalue weighted by atomic mass is 16.6. The smallest absolute Gasteiger partial charge is 0.252 e. The van der Waals surface area contributed by atoms with Crippen molar-refractivity contribution in [2.75, 3.05) is 13.1 Å². The molecular weight excluding hydrogens is 360 g/mol. The van der Waals surface area contributed by atoms with Crippen LogP contribution >= 0.6 is 0 Å². The van der Waals surface area contributed by atoms with Gasteiger partial charge in [-0.15, -0.1) is 0 Å². The number of benzene rings is 1. The number of nitrogens with zero attached hydrogens (tertiary/aromatic N) is 1. The first kappa shape index (κ1) is 16.9. The Morgan fingerprint density at radius 3 is 2.86 bits per heavy atom. The molecule has 2 bridgehead atoms. The molecule has 2 saturated carbocycles. The van der Waals surface area contributed by atoms with Crippen molar-refractivity contribution in [3.8, 4) is 5.75 Å². The molecule has 2 heterocycles. The van der Waals surface area contributed by atoms with Crippen molar-refractivity contribution in [1.29, 1.82) is 0 Å². The van der Waals surface area contributed by atoms with Crippen LogP contribution < -0.4 is 10.5 Å². The topological polar surface area (TPSA) is 113 Å². The van der Waals surface area contributed by atoms with Crippen LogP contribution in [0.3, 0.4) is 0 Å². The number of primary amides is 1. The second-order valence-corrected chi connectivity index (χ2v) is 9.47. The first-order valence-corrected chi connectivity index (χ1v) is 10.3. The molecule has 2 unspecified atom stereocenters. The molecule has 1 saturated heterocycles. The number of rotatable bonds is 3. The highest BCUT2D eigenvalue weighted by Crippen LogP contribution is 2.65. The second kappa shape index (κ2) is 4.96. The number of hydrogen-bond acceptors (Lipinski definition) is 5. The lowest BCUT2D eigenvalue weighted by atomic mass is 9.48. The number of Topliss-reactive ketones (excluding diaryl/α,β-unsaturated/α-hetero) is 1. The van der Waals surface area contributed by atoms with Crippen molar-refractivity contribution in [1.82, 2.24) is 0 Å². The minimum absolute atomic E-state index is 0.0593. The lowest BCUT2D eigenvalue weighted by molar-refractivity contribution is -0.923. The van der Waals surface area contributed by atoms with E-state index in [-0.39, 0.29) is 28.8 Å². The van der Waals surface area contributed by atoms with E-state index in [1.165, 1.54) is 0 Å². The SMILES string of the molecule is NC(=O)c1ccc2c3c1OC1C(=O)CC[C@@]4(O)[C@@H](C2)[N+]([O-])(CC2CC2)CC[C@]314. The van der Waals surface area contributed by atoms with Gasteiger partial charge in [-0.05, 0) is 30.9 Å². The van der Waals surface area contributed by atoms with E-state index in [4.69, 9.17) is 10.5 Å². The summed E-state index contributed by atoms with van der Waals surface area (Å²) in [6.07, 6.45) is 2.66. The summed E-state index contributed by atoms with van der Waals surface area (Å²) in [7, 11) is 0. The number of nitrogens with two attached hydrogens (primary N) is 1. The fraction of sp³-hybridized carbons (Fsp3) is 0.619. The van der Waals surface area contributed by atoms with E-state index in [0.717, 1.165) is 24.0 Å². The maximum absolute atomic E-state index is 13.9. The number of likely N-dealkylation sites (tertiary alicyclic amines) is 1. The maximum Gasteiger partial charge on any atom is 0.252 e. The van der Waals surface area contributed by atoms with Gasteiger partial charge in [-0.1, -0.05) is 6.07 Å². The number of quaternary nitrogens is 1. The molecule has 7 nitrogen and oxygen atoms in total. The van der Waals surface area contributed by atoms with Gasteiger partial charge in [0, 0.05) is 30.7 Å². The fourth-order valence-electron chi connectivity index (χ4n) is 6.75. The van der Waals surface area contributed by atoms with Crippen LogP contribution in [0.15, 0.2) is 12.1 Å². The van der Waals surface area contributed by atoms with Crippen molar-refractivity contribution >= 4 is 11.7 Å². The third kappa shape index (κ3) is 1.76. The summed E-state index contributed by atoms with van der Waals surface area (Å²) in [5.74, 6) is 0.140. The molecule has 148 valence electrons. The zero-order chi connectivity index (χ0) is 19.5. The molecule has 28 heavy (non-hydrogen) atoms. The minimum atomic E-state index is -1.30. The number of piperidine rings is 1. The van der Waals surface area contributed by atoms with E-state index < -0.39 is 29.1 Å². The van der Waals surface area contributed by atoms with Gasteiger partial charge in [-0.3, -0.25) is 9.59 Å². The monoisotopic (exact) mass is 384 g/mol. The van der Waals surface area contributed by atoms with Crippen LogP contribution in [0.4, 0.5) is 0 Å². The summed E-state index contributed by atoms with van der Waals surface area (Å²) in [4.78, 5) is 24.8. The van der Waals surface area contributed by atoms with Crippen molar-refractivity contribution in [3.05, 3.63) is 34.0 Å². The first-order chi connectivity index (χ1) is 13.3. The van der Waals surface area contributed by atoms with E-state index in [9.17, 15) is 19.9 Å².